The number of nitrogens with one attached hydrogen (secondary N) is 2. The number of thiophene rings is 1. The van der Waals surface area contributed by atoms with Crippen molar-refractivity contribution >= 4 is 48.1 Å². The fourth-order valence-electron chi connectivity index (χ4n) is 6.47. The molecule has 1 aromatic carbocycles. The molecule has 2 aliphatic heterocycles. The number of carbonyl (C=O) groups is 1. The monoisotopic (exact) mass is 576 g/mol. The van der Waals surface area contributed by atoms with Crippen LogP contribution < -0.4 is 10.0 Å². The number of amides is 1. The summed E-state index contributed by atoms with van der Waals surface area (Å²) in [7, 11) is -7.81. The molecule has 1 aromatic heterocycles. The third-order valence-corrected chi connectivity index (χ3v) is 11.2. The Balaban J connectivity index is 1.41. The lowest BCUT2D eigenvalue weighted by atomic mass is 9.59. The minimum atomic E-state index is -4.27. The smallest absolute Gasteiger partial charge is 0.287 e. The first-order valence-corrected chi connectivity index (χ1v) is 16.7. The van der Waals surface area contributed by atoms with Crippen molar-refractivity contribution in [1.82, 2.24) is 9.62 Å². The van der Waals surface area contributed by atoms with Crippen LogP contribution in [0.15, 0.2) is 56.3 Å². The summed E-state index contributed by atoms with van der Waals surface area (Å²) in [6.45, 7) is 0.146. The quantitative estimate of drug-likeness (QED) is 0.479. The number of amidine groups is 1. The number of aliphatic hydroxyl groups is 1. The van der Waals surface area contributed by atoms with Gasteiger partial charge in [-0.2, -0.15) is 8.42 Å². The minimum Gasteiger partial charge on any atom is -0.511 e. The highest BCUT2D eigenvalue weighted by atomic mass is 32.2. The molecule has 2 bridgehead atoms. The molecule has 0 spiro atoms. The van der Waals surface area contributed by atoms with E-state index in [-0.39, 0.29) is 63.0 Å². The number of nitrogens with zero attached hydrogens (tertiary/aromatic N) is 2. The van der Waals surface area contributed by atoms with Gasteiger partial charge in [0.25, 0.3) is 15.9 Å². The average Bonchev–Trinajstić information content (AvgIpc) is 3.30. The Bertz CT molecular complexity index is 1570. The van der Waals surface area contributed by atoms with Crippen LogP contribution in [-0.4, -0.2) is 50.9 Å². The summed E-state index contributed by atoms with van der Waals surface area (Å²) in [4.78, 5) is 15.7. The van der Waals surface area contributed by atoms with Gasteiger partial charge in [-0.1, -0.05) is 30.3 Å². The van der Waals surface area contributed by atoms with Crippen molar-refractivity contribution in [3.63, 3.8) is 0 Å². The van der Waals surface area contributed by atoms with Crippen LogP contribution in [0.1, 0.15) is 36.8 Å². The van der Waals surface area contributed by atoms with E-state index in [1.807, 2.05) is 30.3 Å². The lowest BCUT2D eigenvalue weighted by molar-refractivity contribution is -0.140. The molecule has 38 heavy (non-hydrogen) atoms. The van der Waals surface area contributed by atoms with Crippen molar-refractivity contribution in [3.8, 4) is 0 Å². The van der Waals surface area contributed by atoms with Crippen molar-refractivity contribution < 1.29 is 26.7 Å². The van der Waals surface area contributed by atoms with E-state index < -0.39 is 26.0 Å². The normalized spacial score (nSPS) is 28.0. The topological polar surface area (TPSA) is 145 Å². The standard InChI is InChI=1S/C25H28N4O6S3/c1-37(32,33)26-11-17-13-36-24-22(17)38(34,35)28-23(27-24)19-21(30)18-15-7-9-16(10-8-15)20(18)29(25(19)31)12-14-5-3-2-4-6-14/h2-6,13,15-16,18,20,26,30H,7-12H2,1H3,(H,27,28). The molecule has 7 rings (SSSR count). The summed E-state index contributed by atoms with van der Waals surface area (Å²) < 4.78 is 55.9. The summed E-state index contributed by atoms with van der Waals surface area (Å²) in [6, 6.07) is 9.49. The number of carbonyl (C=O) groups excluding carboxylic acids is 1. The van der Waals surface area contributed by atoms with E-state index in [4.69, 9.17) is 0 Å². The second-order valence-electron chi connectivity index (χ2n) is 10.4. The third kappa shape index (κ3) is 4.34. The van der Waals surface area contributed by atoms with Crippen LogP contribution in [0.4, 0.5) is 5.00 Å². The molecule has 10 nitrogen and oxygen atoms in total. The Hall–Kier alpha value is -2.74. The van der Waals surface area contributed by atoms with Gasteiger partial charge in [0, 0.05) is 30.6 Å². The number of anilines is 1. The zero-order valence-electron chi connectivity index (χ0n) is 20.6. The summed E-state index contributed by atoms with van der Waals surface area (Å²) >= 11 is 1.08. The number of hydrogen-bond donors (Lipinski definition) is 3. The molecule has 3 N–H and O–H groups in total. The van der Waals surface area contributed by atoms with Crippen LogP contribution in [0.3, 0.4) is 0 Å². The summed E-state index contributed by atoms with van der Waals surface area (Å²) in [5, 5.41) is 16.3. The molecule has 2 aromatic rings. The highest BCUT2D eigenvalue weighted by Crippen LogP contribution is 2.52. The number of benzene rings is 1. The van der Waals surface area contributed by atoms with Crippen LogP contribution in [0.2, 0.25) is 0 Å². The maximum absolute atomic E-state index is 14.0. The largest absolute Gasteiger partial charge is 0.511 e. The molecule has 0 saturated heterocycles. The van der Waals surface area contributed by atoms with Crippen LogP contribution >= 0.6 is 11.3 Å². The van der Waals surface area contributed by atoms with Gasteiger partial charge in [-0.3, -0.25) is 4.79 Å². The van der Waals surface area contributed by atoms with Gasteiger partial charge in [0.2, 0.25) is 10.0 Å². The molecule has 1 amide bonds. The SMILES string of the molecule is CS(=O)(=O)NCc1csc2c1S(=O)(=O)N=C(C1=C(O)C3C4CCC(CC4)C3N(Cc3ccccc3)C1=O)N2. The number of rotatable bonds is 6. The van der Waals surface area contributed by atoms with Crippen molar-refractivity contribution in [2.45, 2.75) is 49.7 Å². The maximum atomic E-state index is 14.0. The zero-order chi connectivity index (χ0) is 26.8. The second kappa shape index (κ2) is 9.18. The van der Waals surface area contributed by atoms with Crippen molar-refractivity contribution in [2.24, 2.45) is 22.2 Å². The van der Waals surface area contributed by atoms with Gasteiger partial charge in [0.15, 0.2) is 5.84 Å². The van der Waals surface area contributed by atoms with Gasteiger partial charge in [0.05, 0.1) is 6.26 Å². The molecular formula is C25H28N4O6S3. The molecule has 2 atom stereocenters. The van der Waals surface area contributed by atoms with E-state index in [2.05, 4.69) is 14.4 Å². The molecule has 202 valence electrons. The molecule has 5 aliphatic rings. The lowest BCUT2D eigenvalue weighted by Gasteiger charge is -2.54. The summed E-state index contributed by atoms with van der Waals surface area (Å²) in [5.41, 5.74) is 1.11. The first-order valence-electron chi connectivity index (χ1n) is 12.5. The highest BCUT2D eigenvalue weighted by molar-refractivity contribution is 7.91. The Morgan fingerprint density at radius 2 is 1.84 bits per heavy atom. The van der Waals surface area contributed by atoms with Crippen molar-refractivity contribution in [2.75, 3.05) is 11.6 Å². The van der Waals surface area contributed by atoms with E-state index in [0.717, 1.165) is 48.8 Å². The number of sulfonamides is 2. The predicted octanol–water partition coefficient (Wildman–Crippen LogP) is 2.97. The van der Waals surface area contributed by atoms with E-state index >= 15 is 0 Å². The number of fused-ring (bicyclic) bond motifs is 3. The Kier molecular flexibility index (Phi) is 6.17. The molecule has 3 heterocycles. The molecular weight excluding hydrogens is 548 g/mol. The van der Waals surface area contributed by atoms with Crippen LogP contribution in [0, 0.1) is 17.8 Å². The Morgan fingerprint density at radius 1 is 1.16 bits per heavy atom. The minimum absolute atomic E-state index is 0.0841. The van der Waals surface area contributed by atoms with E-state index in [1.54, 1.807) is 10.3 Å². The first kappa shape index (κ1) is 25.5. The highest BCUT2D eigenvalue weighted by Gasteiger charge is 2.54. The van der Waals surface area contributed by atoms with Crippen molar-refractivity contribution in [3.05, 3.63) is 58.2 Å². The van der Waals surface area contributed by atoms with Gasteiger partial charge in [-0.15, -0.1) is 15.7 Å². The molecule has 13 heteroatoms. The molecule has 3 saturated carbocycles. The molecule has 3 fully saturated rings. The van der Waals surface area contributed by atoms with Gasteiger partial charge in [0.1, 0.15) is 21.2 Å². The predicted molar refractivity (Wildman–Crippen MR) is 144 cm³/mol. The Morgan fingerprint density at radius 3 is 2.53 bits per heavy atom. The summed E-state index contributed by atoms with van der Waals surface area (Å²) in [5.74, 6) is -0.509. The van der Waals surface area contributed by atoms with Gasteiger partial charge in [-0.05, 0) is 48.5 Å². The van der Waals surface area contributed by atoms with E-state index in [0.29, 0.717) is 6.54 Å². The molecule has 3 aliphatic carbocycles. The van der Waals surface area contributed by atoms with Gasteiger partial charge >= 0.3 is 0 Å². The third-order valence-electron chi connectivity index (χ3n) is 8.06. The molecule has 2 unspecified atom stereocenters. The lowest BCUT2D eigenvalue weighted by Crippen LogP contribution is -2.60. The van der Waals surface area contributed by atoms with Gasteiger partial charge in [-0.25, -0.2) is 13.1 Å². The maximum Gasteiger partial charge on any atom is 0.287 e. The average molecular weight is 577 g/mol. The Labute approximate surface area is 225 Å². The van der Waals surface area contributed by atoms with Crippen molar-refractivity contribution in [1.29, 1.82) is 0 Å². The number of aliphatic hydroxyl groups excluding tert-OH is 1. The van der Waals surface area contributed by atoms with Crippen LogP contribution in [-0.2, 0) is 37.9 Å². The van der Waals surface area contributed by atoms with E-state index in [9.17, 15) is 26.7 Å². The fourth-order valence-corrected chi connectivity index (χ4v) is 9.50. The first-order chi connectivity index (χ1) is 18.0. The summed E-state index contributed by atoms with van der Waals surface area (Å²) in [6.07, 6.45) is 4.92. The zero-order valence-corrected chi connectivity index (χ0v) is 23.1. The number of hydrogen-bond acceptors (Lipinski definition) is 8. The fraction of sp³-hybridized carbons (Fsp3) is 0.440. The van der Waals surface area contributed by atoms with E-state index in [1.165, 1.54) is 0 Å². The van der Waals surface area contributed by atoms with Crippen LogP contribution in [0.5, 0.6) is 0 Å². The van der Waals surface area contributed by atoms with Crippen LogP contribution in [0.25, 0.3) is 0 Å². The molecule has 0 radical (unpaired) electrons. The second-order valence-corrected chi connectivity index (χ2v) is 14.7. The van der Waals surface area contributed by atoms with Gasteiger partial charge < -0.3 is 15.3 Å².